The number of benzene rings is 1. The summed E-state index contributed by atoms with van der Waals surface area (Å²) in [5.41, 5.74) is 1.52. The lowest BCUT2D eigenvalue weighted by molar-refractivity contribution is 0.218. The van der Waals surface area contributed by atoms with Crippen LogP contribution in [0.5, 0.6) is 0 Å². The molecule has 0 aliphatic carbocycles. The summed E-state index contributed by atoms with van der Waals surface area (Å²) in [4.78, 5) is 2.70. The van der Waals surface area contributed by atoms with Crippen molar-refractivity contribution >= 4 is 11.8 Å². The van der Waals surface area contributed by atoms with Gasteiger partial charge in [-0.3, -0.25) is 0 Å². The Balaban J connectivity index is 1.68. The molecule has 2 heterocycles. The van der Waals surface area contributed by atoms with E-state index in [0.717, 1.165) is 18.3 Å². The first kappa shape index (κ1) is 15.4. The van der Waals surface area contributed by atoms with E-state index in [9.17, 15) is 0 Å². The molecule has 2 aliphatic heterocycles. The Kier molecular flexibility index (Phi) is 5.25. The topological polar surface area (TPSA) is 15.3 Å². The smallest absolute Gasteiger partial charge is 0.0534 e. The van der Waals surface area contributed by atoms with Gasteiger partial charge in [-0.05, 0) is 50.6 Å². The third-order valence-corrected chi connectivity index (χ3v) is 6.23. The molecule has 2 aliphatic rings. The number of thioether (sulfide) groups is 1. The van der Waals surface area contributed by atoms with Crippen molar-refractivity contribution in [3.63, 3.8) is 0 Å². The second-order valence-corrected chi connectivity index (χ2v) is 8.11. The number of hydrogen-bond donors (Lipinski definition) is 1. The Hall–Kier alpha value is -0.510. The molecule has 2 atom stereocenters. The zero-order valence-corrected chi connectivity index (χ0v) is 14.0. The van der Waals surface area contributed by atoms with E-state index in [2.05, 4.69) is 59.2 Å². The van der Waals surface area contributed by atoms with E-state index in [4.69, 9.17) is 0 Å². The Labute approximate surface area is 133 Å². The number of hydrogen-bond acceptors (Lipinski definition) is 3. The zero-order valence-electron chi connectivity index (χ0n) is 13.2. The lowest BCUT2D eigenvalue weighted by atomic mass is 9.91. The molecule has 0 radical (unpaired) electrons. The average molecular weight is 305 g/mol. The van der Waals surface area contributed by atoms with Crippen LogP contribution >= 0.6 is 11.8 Å². The molecule has 0 amide bonds. The van der Waals surface area contributed by atoms with E-state index in [0.29, 0.717) is 0 Å². The molecule has 3 heteroatoms. The van der Waals surface area contributed by atoms with Gasteiger partial charge in [0.05, 0.1) is 5.54 Å². The molecule has 1 N–H and O–H groups in total. The monoisotopic (exact) mass is 304 g/mol. The van der Waals surface area contributed by atoms with Crippen LogP contribution in [0.25, 0.3) is 0 Å². The average Bonchev–Trinajstić information content (AvgIpc) is 2.72. The lowest BCUT2D eigenvalue weighted by Gasteiger charge is -2.36. The van der Waals surface area contributed by atoms with Crippen LogP contribution in [-0.2, 0) is 5.54 Å². The van der Waals surface area contributed by atoms with Crippen molar-refractivity contribution in [3.05, 3.63) is 35.9 Å². The minimum absolute atomic E-state index is 0.0943. The fraction of sp³-hybridized carbons (Fsp3) is 0.667. The second kappa shape index (κ2) is 7.17. The zero-order chi connectivity index (χ0) is 14.5. The van der Waals surface area contributed by atoms with Crippen LogP contribution in [0.3, 0.4) is 0 Å². The molecular weight excluding hydrogens is 276 g/mol. The fourth-order valence-electron chi connectivity index (χ4n) is 3.64. The summed E-state index contributed by atoms with van der Waals surface area (Å²) < 4.78 is 0. The standard InChI is InChI=1S/C18H28N2S/c1-18(16-8-3-2-4-9-16)15-20(12-7-11-19-18)14-17-10-5-6-13-21-17/h2-4,8-9,17,19H,5-7,10-15H2,1H3. The predicted octanol–water partition coefficient (Wildman–Crippen LogP) is 3.48. The minimum atomic E-state index is 0.0943. The van der Waals surface area contributed by atoms with E-state index in [1.807, 2.05) is 0 Å². The van der Waals surface area contributed by atoms with Gasteiger partial charge in [0, 0.05) is 18.3 Å². The number of nitrogens with zero attached hydrogens (tertiary/aromatic N) is 1. The molecule has 2 fully saturated rings. The normalized spacial score (nSPS) is 31.8. The Morgan fingerprint density at radius 3 is 2.86 bits per heavy atom. The van der Waals surface area contributed by atoms with Crippen LogP contribution in [-0.4, -0.2) is 42.1 Å². The quantitative estimate of drug-likeness (QED) is 0.920. The summed E-state index contributed by atoms with van der Waals surface area (Å²) in [5, 5.41) is 4.65. The molecule has 3 rings (SSSR count). The predicted molar refractivity (Wildman–Crippen MR) is 93.0 cm³/mol. The fourth-order valence-corrected chi connectivity index (χ4v) is 5.00. The Morgan fingerprint density at radius 1 is 1.24 bits per heavy atom. The second-order valence-electron chi connectivity index (χ2n) is 6.70. The van der Waals surface area contributed by atoms with Crippen LogP contribution in [0.1, 0.15) is 38.2 Å². The molecule has 2 saturated heterocycles. The van der Waals surface area contributed by atoms with Gasteiger partial charge in [-0.2, -0.15) is 11.8 Å². The SMILES string of the molecule is CC1(c2ccccc2)CN(CC2CCCCS2)CCCN1. The summed E-state index contributed by atoms with van der Waals surface area (Å²) in [6, 6.07) is 11.0. The highest BCUT2D eigenvalue weighted by Crippen LogP contribution is 2.28. The van der Waals surface area contributed by atoms with Crippen LogP contribution in [0.15, 0.2) is 30.3 Å². The molecule has 0 aromatic heterocycles. The summed E-state index contributed by atoms with van der Waals surface area (Å²) in [6.07, 6.45) is 5.53. The molecule has 116 valence electrons. The van der Waals surface area contributed by atoms with Crippen LogP contribution in [0.4, 0.5) is 0 Å². The first-order chi connectivity index (χ1) is 10.3. The minimum Gasteiger partial charge on any atom is -0.307 e. The maximum Gasteiger partial charge on any atom is 0.0534 e. The van der Waals surface area contributed by atoms with Gasteiger partial charge in [0.15, 0.2) is 0 Å². The maximum atomic E-state index is 3.79. The third-order valence-electron chi connectivity index (χ3n) is 4.85. The maximum absolute atomic E-state index is 3.79. The molecular formula is C18H28N2S. The summed E-state index contributed by atoms with van der Waals surface area (Å²) in [5.74, 6) is 1.37. The molecule has 0 spiro atoms. The van der Waals surface area contributed by atoms with Gasteiger partial charge in [0.25, 0.3) is 0 Å². The van der Waals surface area contributed by atoms with E-state index in [-0.39, 0.29) is 5.54 Å². The van der Waals surface area contributed by atoms with Crippen molar-refractivity contribution in [3.8, 4) is 0 Å². The van der Waals surface area contributed by atoms with Gasteiger partial charge >= 0.3 is 0 Å². The first-order valence-electron chi connectivity index (χ1n) is 8.41. The van der Waals surface area contributed by atoms with E-state index >= 15 is 0 Å². The third kappa shape index (κ3) is 4.02. The molecule has 1 aromatic carbocycles. The van der Waals surface area contributed by atoms with Gasteiger partial charge < -0.3 is 10.2 Å². The molecule has 0 bridgehead atoms. The largest absolute Gasteiger partial charge is 0.307 e. The van der Waals surface area contributed by atoms with Crippen LogP contribution in [0, 0.1) is 0 Å². The van der Waals surface area contributed by atoms with E-state index in [1.165, 1.54) is 50.1 Å². The van der Waals surface area contributed by atoms with Crippen LogP contribution < -0.4 is 5.32 Å². The highest BCUT2D eigenvalue weighted by molar-refractivity contribution is 7.99. The summed E-state index contributed by atoms with van der Waals surface area (Å²) in [7, 11) is 0. The summed E-state index contributed by atoms with van der Waals surface area (Å²) >= 11 is 2.20. The lowest BCUT2D eigenvalue weighted by Crippen LogP contribution is -2.47. The number of nitrogens with one attached hydrogen (secondary N) is 1. The van der Waals surface area contributed by atoms with Crippen molar-refractivity contribution < 1.29 is 0 Å². The number of rotatable bonds is 3. The Morgan fingerprint density at radius 2 is 2.10 bits per heavy atom. The highest BCUT2D eigenvalue weighted by atomic mass is 32.2. The van der Waals surface area contributed by atoms with Crippen LogP contribution in [0.2, 0.25) is 0 Å². The molecule has 0 saturated carbocycles. The molecule has 2 nitrogen and oxygen atoms in total. The van der Waals surface area contributed by atoms with Crippen molar-refractivity contribution in [1.29, 1.82) is 0 Å². The van der Waals surface area contributed by atoms with Gasteiger partial charge in [0.2, 0.25) is 0 Å². The van der Waals surface area contributed by atoms with Gasteiger partial charge in [-0.1, -0.05) is 36.8 Å². The van der Waals surface area contributed by atoms with Gasteiger partial charge in [0.1, 0.15) is 0 Å². The van der Waals surface area contributed by atoms with E-state index in [1.54, 1.807) is 0 Å². The van der Waals surface area contributed by atoms with Gasteiger partial charge in [-0.15, -0.1) is 0 Å². The first-order valence-corrected chi connectivity index (χ1v) is 9.46. The van der Waals surface area contributed by atoms with Crippen molar-refractivity contribution in [2.45, 2.75) is 43.4 Å². The Bertz CT molecular complexity index is 430. The van der Waals surface area contributed by atoms with Crippen molar-refractivity contribution in [1.82, 2.24) is 10.2 Å². The molecule has 1 aromatic rings. The summed E-state index contributed by atoms with van der Waals surface area (Å²) in [6.45, 7) is 7.14. The van der Waals surface area contributed by atoms with E-state index < -0.39 is 0 Å². The molecule has 2 unspecified atom stereocenters. The van der Waals surface area contributed by atoms with Crippen molar-refractivity contribution in [2.75, 3.05) is 31.9 Å². The molecule has 21 heavy (non-hydrogen) atoms. The van der Waals surface area contributed by atoms with Gasteiger partial charge in [-0.25, -0.2) is 0 Å². The van der Waals surface area contributed by atoms with Crippen molar-refractivity contribution in [2.24, 2.45) is 0 Å². The highest BCUT2D eigenvalue weighted by Gasteiger charge is 2.31.